The van der Waals surface area contributed by atoms with Crippen LogP contribution in [0.3, 0.4) is 0 Å². The Labute approximate surface area is 138 Å². The lowest BCUT2D eigenvalue weighted by atomic mass is 10.0. The molecule has 0 saturated carbocycles. The molecule has 5 nitrogen and oxygen atoms in total. The van der Waals surface area contributed by atoms with Crippen LogP contribution in [0.4, 0.5) is 0 Å². The van der Waals surface area contributed by atoms with E-state index in [1.165, 1.54) is 6.07 Å². The van der Waals surface area contributed by atoms with Crippen molar-refractivity contribution in [1.29, 1.82) is 0 Å². The van der Waals surface area contributed by atoms with Crippen molar-refractivity contribution >= 4 is 21.9 Å². The van der Waals surface area contributed by atoms with Crippen molar-refractivity contribution in [3.8, 4) is 11.5 Å². The molecule has 0 spiro atoms. The van der Waals surface area contributed by atoms with Gasteiger partial charge in [0.05, 0.1) is 7.11 Å². The third-order valence-electron chi connectivity index (χ3n) is 4.22. The largest absolute Gasteiger partial charge is 0.508 e. The molecule has 0 saturated heterocycles. The summed E-state index contributed by atoms with van der Waals surface area (Å²) in [5.74, 6) is 0.588. The van der Waals surface area contributed by atoms with Gasteiger partial charge in [-0.15, -0.1) is 0 Å². The van der Waals surface area contributed by atoms with E-state index < -0.39 is 6.10 Å². The van der Waals surface area contributed by atoms with E-state index in [4.69, 9.17) is 4.74 Å². The van der Waals surface area contributed by atoms with Crippen LogP contribution in [0, 0.1) is 0 Å². The summed E-state index contributed by atoms with van der Waals surface area (Å²) in [6.07, 6.45) is 0.618. The number of benzene rings is 2. The molecule has 3 N–H and O–H groups in total. The summed E-state index contributed by atoms with van der Waals surface area (Å²) >= 11 is 0. The van der Waals surface area contributed by atoms with Crippen LogP contribution < -0.4 is 4.74 Å². The zero-order valence-electron chi connectivity index (χ0n) is 13.0. The first-order valence-corrected chi connectivity index (χ1v) is 7.58. The Bertz CT molecular complexity index is 1040. The number of H-pyrrole nitrogens is 1. The van der Waals surface area contributed by atoms with E-state index in [0.717, 1.165) is 21.9 Å². The SMILES string of the molecule is COc1ccc(O)c(C(O)c2cnc3[nH]c4ccccc4c3c2)c1. The lowest BCUT2D eigenvalue weighted by Crippen LogP contribution is -2.01. The molecule has 2 aromatic carbocycles. The average molecular weight is 320 g/mol. The van der Waals surface area contributed by atoms with Crippen LogP contribution in [-0.4, -0.2) is 27.3 Å². The highest BCUT2D eigenvalue weighted by Gasteiger charge is 2.17. The van der Waals surface area contributed by atoms with E-state index in [-0.39, 0.29) is 5.75 Å². The van der Waals surface area contributed by atoms with Gasteiger partial charge in [-0.05, 0) is 30.3 Å². The van der Waals surface area contributed by atoms with Gasteiger partial charge >= 0.3 is 0 Å². The molecule has 4 rings (SSSR count). The van der Waals surface area contributed by atoms with Gasteiger partial charge in [-0.25, -0.2) is 4.98 Å². The van der Waals surface area contributed by atoms with E-state index in [9.17, 15) is 10.2 Å². The Hall–Kier alpha value is -3.05. The Morgan fingerprint density at radius 2 is 1.92 bits per heavy atom. The van der Waals surface area contributed by atoms with Crippen LogP contribution in [-0.2, 0) is 0 Å². The quantitative estimate of drug-likeness (QED) is 0.540. The van der Waals surface area contributed by atoms with Gasteiger partial charge < -0.3 is 19.9 Å². The molecule has 0 amide bonds. The fraction of sp³-hybridized carbons (Fsp3) is 0.105. The Balaban J connectivity index is 1.85. The lowest BCUT2D eigenvalue weighted by Gasteiger charge is -2.14. The number of phenols is 1. The maximum Gasteiger partial charge on any atom is 0.138 e. The number of aromatic amines is 1. The molecular weight excluding hydrogens is 304 g/mol. The number of aliphatic hydroxyl groups excluding tert-OH is 1. The molecule has 1 unspecified atom stereocenters. The first-order valence-electron chi connectivity index (χ1n) is 7.58. The number of methoxy groups -OCH3 is 1. The van der Waals surface area contributed by atoms with Crippen molar-refractivity contribution in [3.63, 3.8) is 0 Å². The summed E-state index contributed by atoms with van der Waals surface area (Å²) in [5, 5.41) is 22.7. The summed E-state index contributed by atoms with van der Waals surface area (Å²) in [4.78, 5) is 7.66. The molecule has 4 aromatic rings. The Kier molecular flexibility index (Phi) is 3.36. The van der Waals surface area contributed by atoms with Crippen molar-refractivity contribution in [1.82, 2.24) is 9.97 Å². The summed E-state index contributed by atoms with van der Waals surface area (Å²) < 4.78 is 5.17. The number of hydrogen-bond acceptors (Lipinski definition) is 4. The smallest absolute Gasteiger partial charge is 0.138 e. The summed E-state index contributed by atoms with van der Waals surface area (Å²) in [6, 6.07) is 14.6. The number of phenolic OH excluding ortho intramolecular Hbond substituents is 1. The summed E-state index contributed by atoms with van der Waals surface area (Å²) in [7, 11) is 1.54. The van der Waals surface area contributed by atoms with Crippen molar-refractivity contribution in [2.75, 3.05) is 7.11 Å². The highest BCUT2D eigenvalue weighted by atomic mass is 16.5. The highest BCUT2D eigenvalue weighted by Crippen LogP contribution is 2.34. The zero-order chi connectivity index (χ0) is 16.7. The van der Waals surface area contributed by atoms with E-state index in [1.54, 1.807) is 25.4 Å². The van der Waals surface area contributed by atoms with Gasteiger partial charge in [0.15, 0.2) is 0 Å². The number of nitrogens with zero attached hydrogens (tertiary/aromatic N) is 1. The van der Waals surface area contributed by atoms with Crippen LogP contribution in [0.25, 0.3) is 21.9 Å². The second-order valence-corrected chi connectivity index (χ2v) is 5.66. The molecule has 0 bridgehead atoms. The first kappa shape index (κ1) is 14.5. The second kappa shape index (κ2) is 5.54. The molecule has 0 aliphatic carbocycles. The molecule has 0 radical (unpaired) electrons. The number of para-hydroxylation sites is 1. The van der Waals surface area contributed by atoms with Gasteiger partial charge in [0.1, 0.15) is 23.3 Å². The number of pyridine rings is 1. The number of hydrogen-bond donors (Lipinski definition) is 3. The van der Waals surface area contributed by atoms with Crippen LogP contribution in [0.15, 0.2) is 54.7 Å². The summed E-state index contributed by atoms with van der Waals surface area (Å²) in [5.41, 5.74) is 2.75. The topological polar surface area (TPSA) is 78.4 Å². The van der Waals surface area contributed by atoms with Gasteiger partial charge in [0.25, 0.3) is 0 Å². The van der Waals surface area contributed by atoms with E-state index in [2.05, 4.69) is 9.97 Å². The van der Waals surface area contributed by atoms with Gasteiger partial charge in [0, 0.05) is 33.6 Å². The number of aliphatic hydroxyl groups is 1. The van der Waals surface area contributed by atoms with Crippen LogP contribution in [0.2, 0.25) is 0 Å². The monoisotopic (exact) mass is 320 g/mol. The van der Waals surface area contributed by atoms with Crippen LogP contribution in [0.1, 0.15) is 17.2 Å². The molecule has 0 fully saturated rings. The molecule has 1 atom stereocenters. The van der Waals surface area contributed by atoms with Gasteiger partial charge in [-0.2, -0.15) is 0 Å². The molecule has 5 heteroatoms. The minimum absolute atomic E-state index is 0.0160. The second-order valence-electron chi connectivity index (χ2n) is 5.66. The van der Waals surface area contributed by atoms with Crippen molar-refractivity contribution in [2.24, 2.45) is 0 Å². The number of rotatable bonds is 3. The van der Waals surface area contributed by atoms with E-state index in [1.807, 2.05) is 30.3 Å². The standard InChI is InChI=1S/C19H16N2O3/c1-24-12-6-7-17(22)15(9-12)18(23)11-8-14-13-4-2-3-5-16(13)21-19(14)20-10-11/h2-10,18,22-23H,1H3,(H,20,21). The van der Waals surface area contributed by atoms with Crippen molar-refractivity contribution in [3.05, 3.63) is 65.9 Å². The molecule has 0 aliphatic heterocycles. The minimum Gasteiger partial charge on any atom is -0.508 e. The first-order chi connectivity index (χ1) is 11.7. The molecule has 0 aliphatic rings. The maximum absolute atomic E-state index is 10.7. The number of aromatic hydroxyl groups is 1. The fourth-order valence-corrected chi connectivity index (χ4v) is 2.95. The molecule has 2 aromatic heterocycles. The predicted molar refractivity (Wildman–Crippen MR) is 92.3 cm³/mol. The van der Waals surface area contributed by atoms with Gasteiger partial charge in [0.2, 0.25) is 0 Å². The molecule has 120 valence electrons. The zero-order valence-corrected chi connectivity index (χ0v) is 13.0. The van der Waals surface area contributed by atoms with Gasteiger partial charge in [-0.3, -0.25) is 0 Å². The van der Waals surface area contributed by atoms with Gasteiger partial charge in [-0.1, -0.05) is 18.2 Å². The number of nitrogens with one attached hydrogen (secondary N) is 1. The molecule has 24 heavy (non-hydrogen) atoms. The summed E-state index contributed by atoms with van der Waals surface area (Å²) in [6.45, 7) is 0. The fourth-order valence-electron chi connectivity index (χ4n) is 2.95. The third-order valence-corrected chi connectivity index (χ3v) is 4.22. The van der Waals surface area contributed by atoms with E-state index in [0.29, 0.717) is 16.9 Å². The lowest BCUT2D eigenvalue weighted by molar-refractivity contribution is 0.214. The highest BCUT2D eigenvalue weighted by molar-refractivity contribution is 6.05. The van der Waals surface area contributed by atoms with Crippen molar-refractivity contribution < 1.29 is 14.9 Å². The van der Waals surface area contributed by atoms with Crippen molar-refractivity contribution in [2.45, 2.75) is 6.10 Å². The van der Waals surface area contributed by atoms with Crippen LogP contribution in [0.5, 0.6) is 11.5 Å². The molecular formula is C19H16N2O3. The number of ether oxygens (including phenoxy) is 1. The Morgan fingerprint density at radius 1 is 1.08 bits per heavy atom. The minimum atomic E-state index is -0.995. The normalized spacial score (nSPS) is 12.6. The average Bonchev–Trinajstić information content (AvgIpc) is 2.99. The van der Waals surface area contributed by atoms with E-state index >= 15 is 0 Å². The maximum atomic E-state index is 10.7. The third kappa shape index (κ3) is 2.26. The Morgan fingerprint density at radius 3 is 2.75 bits per heavy atom. The predicted octanol–water partition coefficient (Wildman–Crippen LogP) is 3.51. The number of aromatic nitrogens is 2. The molecule has 2 heterocycles. The number of fused-ring (bicyclic) bond motifs is 3. The van der Waals surface area contributed by atoms with Crippen LogP contribution >= 0.6 is 0 Å².